The highest BCUT2D eigenvalue weighted by Crippen LogP contribution is 2.45. The molecule has 0 bridgehead atoms. The van der Waals surface area contributed by atoms with Crippen molar-refractivity contribution in [3.05, 3.63) is 36.7 Å². The second-order valence-electron chi connectivity index (χ2n) is 10.2. The first-order valence-electron chi connectivity index (χ1n) is 13.6. The van der Waals surface area contributed by atoms with Crippen LogP contribution < -0.4 is 25.2 Å². The maximum atomic E-state index is 12.8. The summed E-state index contributed by atoms with van der Waals surface area (Å²) in [7, 11) is 0.184. The molecule has 0 spiro atoms. The summed E-state index contributed by atoms with van der Waals surface area (Å²) in [6.45, 7) is 4.53. The van der Waals surface area contributed by atoms with Crippen LogP contribution in [-0.4, -0.2) is 63.6 Å². The smallest absolute Gasteiger partial charge is 0.326 e. The van der Waals surface area contributed by atoms with Gasteiger partial charge in [0, 0.05) is 13.0 Å². The van der Waals surface area contributed by atoms with Gasteiger partial charge < -0.3 is 24.3 Å². The molecule has 1 saturated carbocycles. The molecule has 15 heteroatoms. The summed E-state index contributed by atoms with van der Waals surface area (Å²) in [4.78, 5) is 29.4. The molecule has 1 aromatic carbocycles. The van der Waals surface area contributed by atoms with Crippen LogP contribution in [0.4, 0.5) is 11.8 Å². The molecule has 41 heavy (non-hydrogen) atoms. The van der Waals surface area contributed by atoms with Crippen molar-refractivity contribution in [3.63, 3.8) is 0 Å². The Morgan fingerprint density at radius 3 is 2.78 bits per heavy atom. The highest BCUT2D eigenvalue weighted by Gasteiger charge is 2.48. The van der Waals surface area contributed by atoms with Gasteiger partial charge in [0.05, 0.1) is 25.6 Å². The molecule has 1 saturated heterocycles. The number of ether oxygens (including phenoxy) is 2. The van der Waals surface area contributed by atoms with Crippen molar-refractivity contribution < 1.29 is 23.3 Å². The standard InChI is InChI=1S/C26H37N8O5PS/c1-5-36-24(35)26(12-9-13-26)31-40(39-18-10-7-6-8-11-18)37-15-19-14-17(2)23(38-19)34-16-28-20-21(33(3)32-41-4)29-25(27)30-22(20)34/h6-8,10-11,16-17,19,23,31-32H,5,9,12-15H2,1-4H3,(H2,27,29,30). The number of nitrogens with one attached hydrogen (secondary N) is 2. The summed E-state index contributed by atoms with van der Waals surface area (Å²) in [5.74, 6) is 1.26. The normalized spacial score (nSPS) is 22.3. The Labute approximate surface area is 244 Å². The maximum absolute atomic E-state index is 12.8. The average Bonchev–Trinajstić information content (AvgIpc) is 3.52. The summed E-state index contributed by atoms with van der Waals surface area (Å²) in [5, 5.41) is 5.12. The fourth-order valence-corrected chi connectivity index (χ4v) is 6.83. The number of hydrazine groups is 1. The van der Waals surface area contributed by atoms with Gasteiger partial charge in [0.1, 0.15) is 17.5 Å². The van der Waals surface area contributed by atoms with E-state index in [1.165, 1.54) is 11.9 Å². The summed E-state index contributed by atoms with van der Waals surface area (Å²) < 4.78 is 26.2. The molecule has 3 heterocycles. The molecule has 5 rings (SSSR count). The van der Waals surface area contributed by atoms with E-state index in [2.05, 4.69) is 31.8 Å². The highest BCUT2D eigenvalue weighted by molar-refractivity contribution is 7.96. The van der Waals surface area contributed by atoms with Crippen LogP contribution in [0.2, 0.25) is 0 Å². The van der Waals surface area contributed by atoms with Crippen molar-refractivity contribution in [1.82, 2.24) is 29.4 Å². The quantitative estimate of drug-likeness (QED) is 0.112. The zero-order valence-electron chi connectivity index (χ0n) is 23.6. The minimum atomic E-state index is -1.66. The molecule has 0 amide bonds. The first-order chi connectivity index (χ1) is 19.8. The zero-order chi connectivity index (χ0) is 29.0. The number of esters is 1. The second-order valence-corrected chi connectivity index (χ2v) is 11.9. The van der Waals surface area contributed by atoms with E-state index >= 15 is 0 Å². The van der Waals surface area contributed by atoms with Gasteiger partial charge >= 0.3 is 14.5 Å². The molecule has 4 N–H and O–H groups in total. The fraction of sp³-hybridized carbons (Fsp3) is 0.538. The number of rotatable bonds is 13. The van der Waals surface area contributed by atoms with Crippen LogP contribution in [0.15, 0.2) is 36.7 Å². The van der Waals surface area contributed by atoms with Gasteiger partial charge in [-0.3, -0.25) is 14.4 Å². The number of nitrogens with zero attached hydrogens (tertiary/aromatic N) is 5. The Bertz CT molecular complexity index is 1330. The van der Waals surface area contributed by atoms with Crippen LogP contribution in [0.3, 0.4) is 0 Å². The average molecular weight is 605 g/mol. The third-order valence-electron chi connectivity index (χ3n) is 7.18. The molecule has 0 radical (unpaired) electrons. The fourth-order valence-electron chi connectivity index (χ4n) is 5.03. The minimum Gasteiger partial charge on any atom is -0.465 e. The van der Waals surface area contributed by atoms with Crippen molar-refractivity contribution in [2.45, 2.75) is 57.4 Å². The lowest BCUT2D eigenvalue weighted by molar-refractivity contribution is -0.154. The van der Waals surface area contributed by atoms with Gasteiger partial charge in [-0.2, -0.15) is 14.8 Å². The Hall–Kier alpha value is -2.74. The highest BCUT2D eigenvalue weighted by atomic mass is 32.2. The van der Waals surface area contributed by atoms with Crippen LogP contribution in [0, 0.1) is 5.92 Å². The molecule has 1 aliphatic carbocycles. The van der Waals surface area contributed by atoms with Crippen molar-refractivity contribution in [2.24, 2.45) is 5.92 Å². The van der Waals surface area contributed by atoms with Crippen LogP contribution in [-0.2, 0) is 18.8 Å². The lowest BCUT2D eigenvalue weighted by Crippen LogP contribution is -2.56. The van der Waals surface area contributed by atoms with Crippen LogP contribution in [0.1, 0.15) is 45.8 Å². The molecule has 4 atom stereocenters. The monoisotopic (exact) mass is 604 g/mol. The molecule has 4 unspecified atom stereocenters. The zero-order valence-corrected chi connectivity index (χ0v) is 25.4. The number of imidazole rings is 1. The van der Waals surface area contributed by atoms with Crippen molar-refractivity contribution >= 4 is 49.4 Å². The number of para-hydroxylation sites is 1. The summed E-state index contributed by atoms with van der Waals surface area (Å²) >= 11 is 1.43. The Balaban J connectivity index is 1.30. The van der Waals surface area contributed by atoms with Crippen molar-refractivity contribution in [2.75, 3.05) is 37.3 Å². The third kappa shape index (κ3) is 6.52. The number of anilines is 2. The summed E-state index contributed by atoms with van der Waals surface area (Å²) in [5.41, 5.74) is 6.48. The van der Waals surface area contributed by atoms with E-state index < -0.39 is 14.1 Å². The SMILES string of the molecule is CCOC(=O)C1(NP(OCC2CC(C)C(n3cnc4c(N(C)NSC)nc(N)nc43)O2)Oc2ccccc2)CCC1. The van der Waals surface area contributed by atoms with Gasteiger partial charge in [0.25, 0.3) is 0 Å². The molecular formula is C26H37N8O5PS. The van der Waals surface area contributed by atoms with Gasteiger partial charge in [-0.15, -0.1) is 0 Å². The number of hydrogen-bond acceptors (Lipinski definition) is 13. The minimum absolute atomic E-state index is 0.148. The number of carbonyl (C=O) groups excluding carboxylic acids is 1. The lowest BCUT2D eigenvalue weighted by atomic mass is 9.78. The topological polar surface area (TPSA) is 151 Å². The van der Waals surface area contributed by atoms with E-state index in [-0.39, 0.29) is 36.8 Å². The Morgan fingerprint density at radius 2 is 2.10 bits per heavy atom. The molecule has 222 valence electrons. The van der Waals surface area contributed by atoms with Gasteiger partial charge in [-0.05, 0) is 51.0 Å². The molecule has 2 aliphatic rings. The largest absolute Gasteiger partial charge is 0.465 e. The number of hydrogen-bond donors (Lipinski definition) is 3. The first-order valence-corrected chi connectivity index (χ1v) is 16.0. The second kappa shape index (κ2) is 13.1. The predicted octanol–water partition coefficient (Wildman–Crippen LogP) is 3.95. The summed E-state index contributed by atoms with van der Waals surface area (Å²) in [6.07, 6.45) is 6.14. The van der Waals surface area contributed by atoms with E-state index in [9.17, 15) is 4.79 Å². The molecule has 2 aromatic heterocycles. The number of aromatic nitrogens is 4. The van der Waals surface area contributed by atoms with E-state index in [1.807, 2.05) is 55.1 Å². The first kappa shape index (κ1) is 29.7. The number of nitrogens with two attached hydrogens (primary N) is 1. The van der Waals surface area contributed by atoms with E-state index in [0.29, 0.717) is 42.2 Å². The number of nitrogen functional groups attached to an aromatic ring is 1. The molecule has 3 aromatic rings. The predicted molar refractivity (Wildman–Crippen MR) is 159 cm³/mol. The Kier molecular flexibility index (Phi) is 9.47. The van der Waals surface area contributed by atoms with Crippen LogP contribution in [0.25, 0.3) is 11.2 Å². The number of fused-ring (bicyclic) bond motifs is 1. The molecule has 13 nitrogen and oxygen atoms in total. The maximum Gasteiger partial charge on any atom is 0.326 e. The van der Waals surface area contributed by atoms with Gasteiger partial charge in [0.2, 0.25) is 5.95 Å². The molecular weight excluding hydrogens is 567 g/mol. The Morgan fingerprint density at radius 1 is 1.32 bits per heavy atom. The van der Waals surface area contributed by atoms with E-state index in [1.54, 1.807) is 11.3 Å². The molecule has 2 fully saturated rings. The van der Waals surface area contributed by atoms with Gasteiger partial charge in [-0.25, -0.2) is 10.1 Å². The van der Waals surface area contributed by atoms with Crippen molar-refractivity contribution in [3.8, 4) is 5.75 Å². The lowest BCUT2D eigenvalue weighted by Gasteiger charge is -2.41. The number of benzene rings is 1. The number of carbonyl (C=O) groups is 1. The van der Waals surface area contributed by atoms with Gasteiger partial charge in [-0.1, -0.05) is 37.1 Å². The van der Waals surface area contributed by atoms with Crippen LogP contribution in [0.5, 0.6) is 5.75 Å². The van der Waals surface area contributed by atoms with Gasteiger partial charge in [0.15, 0.2) is 17.0 Å². The van der Waals surface area contributed by atoms with E-state index in [0.717, 1.165) is 12.8 Å². The summed E-state index contributed by atoms with van der Waals surface area (Å²) in [6, 6.07) is 9.43. The third-order valence-corrected chi connectivity index (χ3v) is 9.01. The van der Waals surface area contributed by atoms with Crippen LogP contribution >= 0.6 is 20.5 Å². The van der Waals surface area contributed by atoms with E-state index in [4.69, 9.17) is 24.3 Å². The molecule has 1 aliphatic heterocycles. The van der Waals surface area contributed by atoms with Crippen molar-refractivity contribution in [1.29, 1.82) is 0 Å².